The molecule has 0 saturated carbocycles. The predicted octanol–water partition coefficient (Wildman–Crippen LogP) is 5.28. The van der Waals surface area contributed by atoms with Crippen LogP contribution in [0.15, 0.2) is 77.7 Å². The number of carbonyl (C=O) groups excluding carboxylic acids is 1. The Kier molecular flexibility index (Phi) is 8.78. The molecule has 2 atom stereocenters. The molecule has 0 fully saturated rings. The molecule has 1 aliphatic heterocycles. The number of nitrogens with one attached hydrogen (secondary N) is 3. The molecule has 1 amide bonds. The van der Waals surface area contributed by atoms with Crippen LogP contribution in [0.4, 0.5) is 0 Å². The van der Waals surface area contributed by atoms with Gasteiger partial charge in [-0.05, 0) is 56.2 Å². The zero-order valence-electron chi connectivity index (χ0n) is 21.8. The minimum Gasteiger partial charge on any atom is -0.493 e. The van der Waals surface area contributed by atoms with Gasteiger partial charge in [-0.15, -0.1) is 0 Å². The van der Waals surface area contributed by atoms with Gasteiger partial charge >= 0.3 is 0 Å². The average Bonchev–Trinajstić information content (AvgIpc) is 2.87. The van der Waals surface area contributed by atoms with Crippen molar-refractivity contribution < 1.29 is 17.9 Å². The summed E-state index contributed by atoms with van der Waals surface area (Å²) in [5, 5.41) is 6.88. The van der Waals surface area contributed by atoms with Gasteiger partial charge in [-0.3, -0.25) is 4.79 Å². The summed E-state index contributed by atoms with van der Waals surface area (Å²) in [7, 11) is -3.92. The third-order valence-corrected chi connectivity index (χ3v) is 7.98. The van der Waals surface area contributed by atoms with Crippen molar-refractivity contribution in [2.45, 2.75) is 62.7 Å². The summed E-state index contributed by atoms with van der Waals surface area (Å²) >= 11 is 6.02. The minimum atomic E-state index is -3.92. The smallest absolute Gasteiger partial charge is 0.241 e. The van der Waals surface area contributed by atoms with Crippen molar-refractivity contribution in [2.75, 3.05) is 6.61 Å². The second-order valence-corrected chi connectivity index (χ2v) is 12.6. The Morgan fingerprint density at radius 2 is 1.82 bits per heavy atom. The molecular formula is C29H34ClN3O4S. The number of benzene rings is 3. The first-order valence-electron chi connectivity index (χ1n) is 12.6. The fourth-order valence-corrected chi connectivity index (χ4v) is 5.83. The van der Waals surface area contributed by atoms with Gasteiger partial charge in [-0.25, -0.2) is 13.1 Å². The molecule has 9 heteroatoms. The van der Waals surface area contributed by atoms with Crippen molar-refractivity contribution in [2.24, 2.45) is 0 Å². The van der Waals surface area contributed by atoms with Crippen LogP contribution in [0.2, 0.25) is 5.02 Å². The lowest BCUT2D eigenvalue weighted by Crippen LogP contribution is -2.37. The van der Waals surface area contributed by atoms with E-state index >= 15 is 0 Å². The second kappa shape index (κ2) is 11.9. The molecule has 0 radical (unpaired) electrons. The fourth-order valence-electron chi connectivity index (χ4n) is 4.30. The first-order valence-corrected chi connectivity index (χ1v) is 14.5. The molecule has 3 aromatic carbocycles. The number of rotatable bonds is 9. The maximum atomic E-state index is 13.2. The van der Waals surface area contributed by atoms with Crippen LogP contribution in [-0.4, -0.2) is 26.5 Å². The highest BCUT2D eigenvalue weighted by molar-refractivity contribution is 7.89. The molecule has 3 N–H and O–H groups in total. The maximum Gasteiger partial charge on any atom is 0.241 e. The van der Waals surface area contributed by atoms with Gasteiger partial charge in [0.25, 0.3) is 0 Å². The Morgan fingerprint density at radius 1 is 1.05 bits per heavy atom. The predicted molar refractivity (Wildman–Crippen MR) is 150 cm³/mol. The first-order chi connectivity index (χ1) is 18.0. The van der Waals surface area contributed by atoms with Crippen LogP contribution >= 0.6 is 11.6 Å². The normalized spacial score (nSPS) is 16.3. The van der Waals surface area contributed by atoms with E-state index in [4.69, 9.17) is 16.3 Å². The third-order valence-electron chi connectivity index (χ3n) is 6.27. The van der Waals surface area contributed by atoms with Crippen LogP contribution < -0.4 is 20.1 Å². The summed E-state index contributed by atoms with van der Waals surface area (Å²) in [5.74, 6) is 0.500. The third kappa shape index (κ3) is 7.57. The zero-order valence-corrected chi connectivity index (χ0v) is 23.4. The number of halogens is 1. The molecular weight excluding hydrogens is 522 g/mol. The van der Waals surface area contributed by atoms with E-state index in [0.717, 1.165) is 16.9 Å². The fraction of sp³-hybridized carbons (Fsp3) is 0.345. The highest BCUT2D eigenvalue weighted by atomic mass is 35.5. The topological polar surface area (TPSA) is 96.5 Å². The molecule has 38 heavy (non-hydrogen) atoms. The van der Waals surface area contributed by atoms with Crippen molar-refractivity contribution in [3.8, 4) is 5.75 Å². The van der Waals surface area contributed by atoms with E-state index in [2.05, 4.69) is 36.1 Å². The van der Waals surface area contributed by atoms with Gasteiger partial charge in [-0.2, -0.15) is 0 Å². The highest BCUT2D eigenvalue weighted by Crippen LogP contribution is 2.33. The molecule has 1 heterocycles. The van der Waals surface area contributed by atoms with Crippen LogP contribution in [-0.2, 0) is 21.4 Å². The van der Waals surface area contributed by atoms with Crippen molar-refractivity contribution >= 4 is 27.5 Å². The van der Waals surface area contributed by atoms with Gasteiger partial charge in [-0.1, -0.05) is 60.1 Å². The largest absolute Gasteiger partial charge is 0.493 e. The highest BCUT2D eigenvalue weighted by Gasteiger charge is 2.27. The van der Waals surface area contributed by atoms with Crippen molar-refractivity contribution in [3.05, 3.63) is 94.5 Å². The molecule has 0 aliphatic carbocycles. The molecule has 202 valence electrons. The standard InChI is InChI=1S/C29H34ClN3O4S/c1-29(2,3)31-19-20-12-13-24-25(14-15-37-27(24)16-20)32-28(34)18-26(21-8-5-4-6-9-21)33-38(35,36)23-11-7-10-22(30)17-23/h4-13,16-17,25-26,31,33H,14-15,18-19H2,1-3H3,(H,32,34)/t25-,26-/m1/s1. The minimum absolute atomic E-state index is 0.00312. The number of carbonyl (C=O) groups is 1. The molecule has 0 aromatic heterocycles. The molecule has 1 aliphatic rings. The van der Waals surface area contributed by atoms with Gasteiger partial charge in [0.1, 0.15) is 5.75 Å². The second-order valence-electron chi connectivity index (χ2n) is 10.5. The van der Waals surface area contributed by atoms with E-state index in [1.54, 1.807) is 24.3 Å². The zero-order chi connectivity index (χ0) is 27.3. The lowest BCUT2D eigenvalue weighted by atomic mass is 9.97. The summed E-state index contributed by atoms with van der Waals surface area (Å²) in [4.78, 5) is 13.3. The summed E-state index contributed by atoms with van der Waals surface area (Å²) in [6.07, 6.45) is 0.562. The summed E-state index contributed by atoms with van der Waals surface area (Å²) in [6, 6.07) is 20.2. The molecule has 0 spiro atoms. The first kappa shape index (κ1) is 28.1. The van der Waals surface area contributed by atoms with E-state index in [-0.39, 0.29) is 28.8 Å². The molecule has 0 bridgehead atoms. The Hall–Kier alpha value is -2.91. The average molecular weight is 556 g/mol. The quantitative estimate of drug-likeness (QED) is 0.334. The number of hydrogen-bond donors (Lipinski definition) is 3. The van der Waals surface area contributed by atoms with Crippen LogP contribution in [0.3, 0.4) is 0 Å². The summed E-state index contributed by atoms with van der Waals surface area (Å²) in [5.41, 5.74) is 2.71. The Labute approximate surface area is 230 Å². The molecule has 0 saturated heterocycles. The van der Waals surface area contributed by atoms with Crippen molar-refractivity contribution in [3.63, 3.8) is 0 Å². The number of sulfonamides is 1. The van der Waals surface area contributed by atoms with Crippen LogP contribution in [0.25, 0.3) is 0 Å². The van der Waals surface area contributed by atoms with Crippen molar-refractivity contribution in [1.29, 1.82) is 0 Å². The van der Waals surface area contributed by atoms with Gasteiger partial charge in [0.05, 0.1) is 23.6 Å². The van der Waals surface area contributed by atoms with E-state index < -0.39 is 16.1 Å². The van der Waals surface area contributed by atoms with Crippen LogP contribution in [0.1, 0.15) is 62.4 Å². The van der Waals surface area contributed by atoms with Crippen LogP contribution in [0.5, 0.6) is 5.75 Å². The molecule has 3 aromatic rings. The van der Waals surface area contributed by atoms with Crippen LogP contribution in [0, 0.1) is 0 Å². The van der Waals surface area contributed by atoms with Gasteiger partial charge in [0.15, 0.2) is 0 Å². The Bertz CT molecular complexity index is 1370. The molecule has 4 rings (SSSR count). The van der Waals surface area contributed by atoms with E-state index in [9.17, 15) is 13.2 Å². The van der Waals surface area contributed by atoms with Gasteiger partial charge in [0, 0.05) is 35.5 Å². The van der Waals surface area contributed by atoms with Gasteiger partial charge in [0.2, 0.25) is 15.9 Å². The number of fused-ring (bicyclic) bond motifs is 1. The number of ether oxygens (including phenoxy) is 1. The molecule has 0 unspecified atom stereocenters. The maximum absolute atomic E-state index is 13.2. The lowest BCUT2D eigenvalue weighted by molar-refractivity contribution is -0.122. The summed E-state index contributed by atoms with van der Waals surface area (Å²) in [6.45, 7) is 7.54. The van der Waals surface area contributed by atoms with E-state index in [0.29, 0.717) is 30.2 Å². The van der Waals surface area contributed by atoms with Gasteiger partial charge < -0.3 is 15.4 Å². The number of hydrogen-bond acceptors (Lipinski definition) is 5. The molecule has 7 nitrogen and oxygen atoms in total. The Morgan fingerprint density at radius 3 is 2.53 bits per heavy atom. The number of amides is 1. The Balaban J connectivity index is 1.49. The summed E-state index contributed by atoms with van der Waals surface area (Å²) < 4.78 is 34.9. The lowest BCUT2D eigenvalue weighted by Gasteiger charge is -2.28. The monoisotopic (exact) mass is 555 g/mol. The van der Waals surface area contributed by atoms with E-state index in [1.165, 1.54) is 12.1 Å². The van der Waals surface area contributed by atoms with E-state index in [1.807, 2.05) is 36.4 Å². The SMILES string of the molecule is CC(C)(C)NCc1ccc2c(c1)OCC[C@H]2NC(=O)C[C@@H](NS(=O)(=O)c1cccc(Cl)c1)c1ccccc1. The van der Waals surface area contributed by atoms with Crippen molar-refractivity contribution in [1.82, 2.24) is 15.4 Å².